The summed E-state index contributed by atoms with van der Waals surface area (Å²) in [6, 6.07) is 13.4. The summed E-state index contributed by atoms with van der Waals surface area (Å²) in [5, 5.41) is 10.6. The quantitative estimate of drug-likeness (QED) is 0.656. The summed E-state index contributed by atoms with van der Waals surface area (Å²) in [6.45, 7) is 3.41. The maximum atomic E-state index is 12.0. The predicted molar refractivity (Wildman–Crippen MR) is 111 cm³/mol. The smallest absolute Gasteiger partial charge is 0.251 e. The maximum absolute atomic E-state index is 12.0. The minimum absolute atomic E-state index is 0. The topological polar surface area (TPSA) is 53.2 Å². The largest absolute Gasteiger partial charge is 0.384 e. The van der Waals surface area contributed by atoms with Gasteiger partial charge in [-0.3, -0.25) is 4.79 Å². The molecule has 0 aromatic heterocycles. The first-order valence-corrected chi connectivity index (χ1v) is 9.21. The van der Waals surface area contributed by atoms with E-state index in [1.54, 1.807) is 0 Å². The Kier molecular flexibility index (Phi) is 8.23. The van der Waals surface area contributed by atoms with Gasteiger partial charge in [0.25, 0.3) is 5.91 Å². The van der Waals surface area contributed by atoms with E-state index in [4.69, 9.17) is 11.6 Å². The lowest BCUT2D eigenvalue weighted by molar-refractivity contribution is 0.0953. The lowest BCUT2D eigenvalue weighted by atomic mass is 10.0. The van der Waals surface area contributed by atoms with Gasteiger partial charge in [-0.2, -0.15) is 0 Å². The molecule has 0 spiro atoms. The van der Waals surface area contributed by atoms with Crippen molar-refractivity contribution in [3.05, 3.63) is 64.2 Å². The van der Waals surface area contributed by atoms with Crippen LogP contribution in [0.1, 0.15) is 27.9 Å². The van der Waals surface area contributed by atoms with E-state index in [2.05, 4.69) is 22.0 Å². The van der Waals surface area contributed by atoms with E-state index in [1.165, 1.54) is 11.1 Å². The van der Waals surface area contributed by atoms with Crippen LogP contribution < -0.4 is 16.0 Å². The average Bonchev–Trinajstić information content (AvgIpc) is 2.89. The summed E-state index contributed by atoms with van der Waals surface area (Å²) in [5.41, 5.74) is 4.44. The van der Waals surface area contributed by atoms with Crippen LogP contribution in [0.15, 0.2) is 42.5 Å². The monoisotopic (exact) mass is 393 g/mol. The second-order valence-corrected chi connectivity index (χ2v) is 6.62. The van der Waals surface area contributed by atoms with Crippen molar-refractivity contribution in [2.45, 2.75) is 19.3 Å². The van der Waals surface area contributed by atoms with E-state index in [1.807, 2.05) is 36.4 Å². The number of carbonyl (C=O) groups excluding carboxylic acids is 1. The van der Waals surface area contributed by atoms with Crippen LogP contribution in [-0.4, -0.2) is 32.1 Å². The summed E-state index contributed by atoms with van der Waals surface area (Å²) in [6.07, 6.45) is 2.87. The van der Waals surface area contributed by atoms with Crippen LogP contribution >= 0.6 is 24.0 Å². The number of amides is 1. The molecule has 3 N–H and O–H groups in total. The van der Waals surface area contributed by atoms with Crippen LogP contribution in [0.5, 0.6) is 0 Å². The van der Waals surface area contributed by atoms with Crippen molar-refractivity contribution in [3.63, 3.8) is 0 Å². The average molecular weight is 394 g/mol. The first-order valence-electron chi connectivity index (χ1n) is 8.84. The Morgan fingerprint density at radius 2 is 1.81 bits per heavy atom. The van der Waals surface area contributed by atoms with Crippen molar-refractivity contribution in [2.24, 2.45) is 0 Å². The van der Waals surface area contributed by atoms with Gasteiger partial charge in [-0.05, 0) is 61.7 Å². The van der Waals surface area contributed by atoms with Crippen LogP contribution in [0.3, 0.4) is 0 Å². The van der Waals surface area contributed by atoms with Crippen LogP contribution in [0, 0.1) is 0 Å². The molecule has 0 fully saturated rings. The number of rotatable bonds is 6. The number of carbonyl (C=O) groups is 1. The van der Waals surface area contributed by atoms with Gasteiger partial charge >= 0.3 is 0 Å². The molecule has 26 heavy (non-hydrogen) atoms. The molecule has 0 atom stereocenters. The molecule has 0 saturated heterocycles. The normalized spacial score (nSPS) is 13.1. The van der Waals surface area contributed by atoms with E-state index in [0.717, 1.165) is 49.6 Å². The second-order valence-electron chi connectivity index (χ2n) is 6.21. The van der Waals surface area contributed by atoms with Crippen LogP contribution in [0.25, 0.3) is 0 Å². The summed E-state index contributed by atoms with van der Waals surface area (Å²) < 4.78 is 0. The Hall–Kier alpha value is -1.75. The molecule has 4 nitrogen and oxygen atoms in total. The number of hydrogen-bond acceptors (Lipinski definition) is 3. The number of anilines is 1. The Balaban J connectivity index is 0.00000243. The van der Waals surface area contributed by atoms with E-state index < -0.39 is 0 Å². The highest BCUT2D eigenvalue weighted by molar-refractivity contribution is 6.33. The molecular formula is C20H25Cl2N3O. The molecule has 0 bridgehead atoms. The number of fused-ring (bicyclic) bond motifs is 1. The SMILES string of the molecule is Cl.O=C(NCCCNc1c(Cl)ccc2c1CCNCC2)c1ccccc1. The van der Waals surface area contributed by atoms with Crippen molar-refractivity contribution in [3.8, 4) is 0 Å². The molecule has 2 aromatic carbocycles. The minimum Gasteiger partial charge on any atom is -0.384 e. The Morgan fingerprint density at radius 1 is 1.04 bits per heavy atom. The molecule has 1 aliphatic rings. The lowest BCUT2D eigenvalue weighted by Gasteiger charge is -2.16. The lowest BCUT2D eigenvalue weighted by Crippen LogP contribution is -2.25. The van der Waals surface area contributed by atoms with Gasteiger partial charge in [0.05, 0.1) is 10.7 Å². The van der Waals surface area contributed by atoms with Crippen molar-refractivity contribution in [1.29, 1.82) is 0 Å². The Morgan fingerprint density at radius 3 is 2.62 bits per heavy atom. The molecule has 0 unspecified atom stereocenters. The molecule has 1 amide bonds. The number of hydrogen-bond donors (Lipinski definition) is 3. The number of nitrogens with one attached hydrogen (secondary N) is 3. The van der Waals surface area contributed by atoms with Gasteiger partial charge in [0.1, 0.15) is 0 Å². The van der Waals surface area contributed by atoms with Crippen LogP contribution in [0.2, 0.25) is 5.02 Å². The van der Waals surface area contributed by atoms with Gasteiger partial charge in [-0.15, -0.1) is 12.4 Å². The Labute approximate surface area is 166 Å². The van der Waals surface area contributed by atoms with Gasteiger partial charge in [-0.25, -0.2) is 0 Å². The first kappa shape index (κ1) is 20.6. The molecule has 0 aliphatic carbocycles. The third-order valence-electron chi connectivity index (χ3n) is 4.46. The maximum Gasteiger partial charge on any atom is 0.251 e. The zero-order valence-corrected chi connectivity index (χ0v) is 16.3. The fourth-order valence-corrected chi connectivity index (χ4v) is 3.37. The van der Waals surface area contributed by atoms with Crippen LogP contribution in [-0.2, 0) is 12.8 Å². The minimum atomic E-state index is -0.0294. The van der Waals surface area contributed by atoms with Gasteiger partial charge in [0, 0.05) is 18.7 Å². The molecule has 0 radical (unpaired) electrons. The van der Waals surface area contributed by atoms with E-state index in [9.17, 15) is 4.79 Å². The highest BCUT2D eigenvalue weighted by atomic mass is 35.5. The van der Waals surface area contributed by atoms with Gasteiger partial charge in [0.15, 0.2) is 0 Å². The summed E-state index contributed by atoms with van der Waals surface area (Å²) in [4.78, 5) is 12.0. The van der Waals surface area contributed by atoms with E-state index in [-0.39, 0.29) is 18.3 Å². The molecular weight excluding hydrogens is 369 g/mol. The molecule has 1 heterocycles. The van der Waals surface area contributed by atoms with E-state index in [0.29, 0.717) is 12.1 Å². The fourth-order valence-electron chi connectivity index (χ4n) is 3.13. The number of halogens is 2. The highest BCUT2D eigenvalue weighted by Crippen LogP contribution is 2.30. The van der Waals surface area contributed by atoms with Crippen molar-refractivity contribution >= 4 is 35.6 Å². The highest BCUT2D eigenvalue weighted by Gasteiger charge is 2.14. The zero-order valence-electron chi connectivity index (χ0n) is 14.7. The Bertz CT molecular complexity index is 722. The number of benzene rings is 2. The third kappa shape index (κ3) is 5.37. The summed E-state index contributed by atoms with van der Waals surface area (Å²) in [5.74, 6) is -0.0294. The molecule has 1 aliphatic heterocycles. The first-order chi connectivity index (χ1) is 12.3. The predicted octanol–water partition coefficient (Wildman–Crippen LogP) is 3.68. The standard InChI is InChI=1S/C20H24ClN3O.ClH/c21-18-8-7-15-9-13-22-14-10-17(15)19(18)23-11-4-12-24-20(25)16-5-2-1-3-6-16;/h1-3,5-8,22-23H,4,9-14H2,(H,24,25);1H. The third-order valence-corrected chi connectivity index (χ3v) is 4.77. The summed E-state index contributed by atoms with van der Waals surface area (Å²) >= 11 is 6.41. The van der Waals surface area contributed by atoms with Crippen molar-refractivity contribution in [1.82, 2.24) is 10.6 Å². The van der Waals surface area contributed by atoms with Crippen molar-refractivity contribution in [2.75, 3.05) is 31.5 Å². The molecule has 3 rings (SSSR count). The molecule has 0 saturated carbocycles. The molecule has 140 valence electrons. The van der Waals surface area contributed by atoms with Gasteiger partial charge in [-0.1, -0.05) is 35.9 Å². The van der Waals surface area contributed by atoms with Gasteiger partial charge in [0.2, 0.25) is 0 Å². The zero-order chi connectivity index (χ0) is 17.5. The van der Waals surface area contributed by atoms with Crippen molar-refractivity contribution < 1.29 is 4.79 Å². The van der Waals surface area contributed by atoms with E-state index >= 15 is 0 Å². The summed E-state index contributed by atoms with van der Waals surface area (Å²) in [7, 11) is 0. The molecule has 6 heteroatoms. The fraction of sp³-hybridized carbons (Fsp3) is 0.350. The second kappa shape index (κ2) is 10.4. The van der Waals surface area contributed by atoms with Crippen LogP contribution in [0.4, 0.5) is 5.69 Å². The molecule has 2 aromatic rings. The van der Waals surface area contributed by atoms with Gasteiger partial charge < -0.3 is 16.0 Å².